The van der Waals surface area contributed by atoms with E-state index in [2.05, 4.69) is 9.62 Å². The predicted octanol–water partition coefficient (Wildman–Crippen LogP) is 1.34. The van der Waals surface area contributed by atoms with Gasteiger partial charge in [-0.3, -0.25) is 4.90 Å². The lowest BCUT2D eigenvalue weighted by Crippen LogP contribution is -2.33. The van der Waals surface area contributed by atoms with Gasteiger partial charge >= 0.3 is 0 Å². The van der Waals surface area contributed by atoms with Crippen molar-refractivity contribution >= 4 is 10.0 Å². The number of benzene rings is 1. The summed E-state index contributed by atoms with van der Waals surface area (Å²) in [5, 5.41) is 9.23. The Kier molecular flexibility index (Phi) is 6.31. The summed E-state index contributed by atoms with van der Waals surface area (Å²) in [5.74, 6) is -0.563. The van der Waals surface area contributed by atoms with Crippen LogP contribution in [-0.2, 0) is 10.0 Å². The number of sulfonamides is 1. The van der Waals surface area contributed by atoms with Gasteiger partial charge in [-0.15, -0.1) is 0 Å². The van der Waals surface area contributed by atoms with Crippen molar-refractivity contribution in [3.05, 3.63) is 30.1 Å². The van der Waals surface area contributed by atoms with Crippen LogP contribution < -0.4 is 4.72 Å². The van der Waals surface area contributed by atoms with Crippen molar-refractivity contribution in [1.29, 1.82) is 0 Å². The maximum atomic E-state index is 13.1. The van der Waals surface area contributed by atoms with Crippen molar-refractivity contribution in [1.82, 2.24) is 9.62 Å². The molecule has 1 aliphatic heterocycles. The standard InChI is InChI=1S/C15H23FN2O3S/c16-13-5-3-7-15(11-13)22(20,21)17-8-1-2-9-18-10-4-6-14(18)12-19/h3,5,7,11,14,17,19H,1-2,4,6,8-10,12H2. The van der Waals surface area contributed by atoms with Gasteiger partial charge < -0.3 is 5.11 Å². The fourth-order valence-electron chi connectivity index (χ4n) is 2.76. The maximum Gasteiger partial charge on any atom is 0.240 e. The second kappa shape index (κ2) is 8.01. The van der Waals surface area contributed by atoms with Gasteiger partial charge in [-0.05, 0) is 57.0 Å². The quantitative estimate of drug-likeness (QED) is 0.706. The van der Waals surface area contributed by atoms with E-state index in [1.54, 1.807) is 0 Å². The Labute approximate surface area is 131 Å². The number of aliphatic hydroxyl groups is 1. The molecule has 1 aliphatic rings. The van der Waals surface area contributed by atoms with Crippen molar-refractivity contribution in [2.45, 2.75) is 36.6 Å². The molecule has 0 aromatic heterocycles. The lowest BCUT2D eigenvalue weighted by Gasteiger charge is -2.22. The van der Waals surface area contributed by atoms with Crippen molar-refractivity contribution in [3.63, 3.8) is 0 Å². The minimum atomic E-state index is -3.64. The monoisotopic (exact) mass is 330 g/mol. The molecular formula is C15H23FN2O3S. The van der Waals surface area contributed by atoms with Gasteiger partial charge in [-0.1, -0.05) is 6.07 Å². The SMILES string of the molecule is O=S(=O)(NCCCCN1CCCC1CO)c1cccc(F)c1. The molecule has 1 fully saturated rings. The zero-order valence-electron chi connectivity index (χ0n) is 12.5. The Hall–Kier alpha value is -1.02. The Morgan fingerprint density at radius 3 is 2.91 bits per heavy atom. The van der Waals surface area contributed by atoms with Crippen LogP contribution in [0.5, 0.6) is 0 Å². The summed E-state index contributed by atoms with van der Waals surface area (Å²) < 4.78 is 39.5. The summed E-state index contributed by atoms with van der Waals surface area (Å²) in [6.45, 7) is 2.38. The van der Waals surface area contributed by atoms with Crippen LogP contribution in [0, 0.1) is 5.82 Å². The first-order valence-electron chi connectivity index (χ1n) is 7.63. The number of halogens is 1. The molecule has 0 radical (unpaired) electrons. The molecule has 0 saturated carbocycles. The Balaban J connectivity index is 1.72. The topological polar surface area (TPSA) is 69.6 Å². The van der Waals surface area contributed by atoms with Crippen LogP contribution in [0.15, 0.2) is 29.2 Å². The van der Waals surface area contributed by atoms with Crippen molar-refractivity contribution in [2.24, 2.45) is 0 Å². The third-order valence-corrected chi connectivity index (χ3v) is 5.44. The molecule has 2 N–H and O–H groups in total. The van der Waals surface area contributed by atoms with Gasteiger partial charge in [-0.2, -0.15) is 0 Å². The largest absolute Gasteiger partial charge is 0.395 e. The van der Waals surface area contributed by atoms with E-state index < -0.39 is 15.8 Å². The summed E-state index contributed by atoms with van der Waals surface area (Å²) in [6, 6.07) is 5.24. The molecule has 0 spiro atoms. The van der Waals surface area contributed by atoms with Gasteiger partial charge in [0.1, 0.15) is 5.82 Å². The summed E-state index contributed by atoms with van der Waals surface area (Å²) in [5.41, 5.74) is 0. The van der Waals surface area contributed by atoms with Crippen LogP contribution in [0.2, 0.25) is 0 Å². The molecule has 1 heterocycles. The highest BCUT2D eigenvalue weighted by atomic mass is 32.2. The van der Waals surface area contributed by atoms with Crippen molar-refractivity contribution < 1.29 is 17.9 Å². The molecule has 5 nitrogen and oxygen atoms in total. The van der Waals surface area contributed by atoms with E-state index in [4.69, 9.17) is 0 Å². The average molecular weight is 330 g/mol. The number of unbranched alkanes of at least 4 members (excludes halogenated alkanes) is 1. The number of nitrogens with zero attached hydrogens (tertiary/aromatic N) is 1. The summed E-state index contributed by atoms with van der Waals surface area (Å²) in [4.78, 5) is 2.20. The van der Waals surface area contributed by atoms with E-state index >= 15 is 0 Å². The first-order chi connectivity index (χ1) is 10.5. The lowest BCUT2D eigenvalue weighted by molar-refractivity contribution is 0.157. The van der Waals surface area contributed by atoms with Crippen LogP contribution in [0.4, 0.5) is 4.39 Å². The fraction of sp³-hybridized carbons (Fsp3) is 0.600. The third-order valence-electron chi connectivity index (χ3n) is 3.98. The lowest BCUT2D eigenvalue weighted by atomic mass is 10.2. The zero-order chi connectivity index (χ0) is 16.0. The highest BCUT2D eigenvalue weighted by Gasteiger charge is 2.22. The van der Waals surface area contributed by atoms with E-state index in [1.165, 1.54) is 18.2 Å². The van der Waals surface area contributed by atoms with Crippen molar-refractivity contribution in [3.8, 4) is 0 Å². The summed E-state index contributed by atoms with van der Waals surface area (Å²) >= 11 is 0. The van der Waals surface area contributed by atoms with Crippen molar-refractivity contribution in [2.75, 3.05) is 26.2 Å². The molecule has 0 amide bonds. The number of nitrogens with one attached hydrogen (secondary N) is 1. The van der Waals surface area contributed by atoms with Crippen LogP contribution in [0.1, 0.15) is 25.7 Å². The Bertz CT molecular complexity index is 580. The predicted molar refractivity (Wildman–Crippen MR) is 82.5 cm³/mol. The summed E-state index contributed by atoms with van der Waals surface area (Å²) in [6.07, 6.45) is 3.71. The van der Waals surface area contributed by atoms with Gasteiger partial charge in [0.25, 0.3) is 0 Å². The van der Waals surface area contributed by atoms with Gasteiger partial charge in [-0.25, -0.2) is 17.5 Å². The minimum absolute atomic E-state index is 0.0487. The highest BCUT2D eigenvalue weighted by Crippen LogP contribution is 2.17. The van der Waals surface area contributed by atoms with E-state index in [-0.39, 0.29) is 17.5 Å². The number of aliphatic hydroxyl groups excluding tert-OH is 1. The molecule has 7 heteroatoms. The summed E-state index contributed by atoms with van der Waals surface area (Å²) in [7, 11) is -3.64. The minimum Gasteiger partial charge on any atom is -0.395 e. The van der Waals surface area contributed by atoms with Gasteiger partial charge in [0.15, 0.2) is 0 Å². The second-order valence-electron chi connectivity index (χ2n) is 5.58. The number of rotatable bonds is 8. The molecule has 1 unspecified atom stereocenters. The Morgan fingerprint density at radius 1 is 1.36 bits per heavy atom. The van der Waals surface area contributed by atoms with Crippen LogP contribution in [0.25, 0.3) is 0 Å². The molecule has 2 rings (SSSR count). The molecule has 0 bridgehead atoms. The highest BCUT2D eigenvalue weighted by molar-refractivity contribution is 7.89. The maximum absolute atomic E-state index is 13.1. The number of hydrogen-bond acceptors (Lipinski definition) is 4. The Morgan fingerprint density at radius 2 is 2.18 bits per heavy atom. The van der Waals surface area contributed by atoms with Crippen LogP contribution >= 0.6 is 0 Å². The molecule has 1 atom stereocenters. The van der Waals surface area contributed by atoms with Crippen LogP contribution in [-0.4, -0.2) is 50.7 Å². The molecule has 22 heavy (non-hydrogen) atoms. The molecule has 1 aromatic rings. The number of hydrogen-bond donors (Lipinski definition) is 2. The molecule has 1 saturated heterocycles. The first-order valence-corrected chi connectivity index (χ1v) is 9.11. The number of likely N-dealkylation sites (tertiary alicyclic amines) is 1. The molecule has 124 valence electrons. The zero-order valence-corrected chi connectivity index (χ0v) is 13.4. The van der Waals surface area contributed by atoms with Gasteiger partial charge in [0.2, 0.25) is 10.0 Å². The molecule has 0 aliphatic carbocycles. The van der Waals surface area contributed by atoms with E-state index in [9.17, 15) is 17.9 Å². The smallest absolute Gasteiger partial charge is 0.240 e. The van der Waals surface area contributed by atoms with Gasteiger partial charge in [0.05, 0.1) is 11.5 Å². The fourth-order valence-corrected chi connectivity index (χ4v) is 3.87. The molecular weight excluding hydrogens is 307 g/mol. The first kappa shape index (κ1) is 17.3. The normalized spacial score (nSPS) is 19.6. The van der Waals surface area contributed by atoms with E-state index in [1.807, 2.05) is 0 Å². The van der Waals surface area contributed by atoms with Gasteiger partial charge in [0, 0.05) is 12.6 Å². The third kappa shape index (κ3) is 4.74. The van der Waals surface area contributed by atoms with Crippen LogP contribution in [0.3, 0.4) is 0 Å². The second-order valence-corrected chi connectivity index (χ2v) is 7.34. The molecule has 1 aromatic carbocycles. The van der Waals surface area contributed by atoms with E-state index in [0.717, 1.165) is 38.4 Å². The van der Waals surface area contributed by atoms with E-state index in [0.29, 0.717) is 13.0 Å². The average Bonchev–Trinajstić information content (AvgIpc) is 2.94.